The number of benzene rings is 1. The third-order valence-corrected chi connectivity index (χ3v) is 10.4. The summed E-state index contributed by atoms with van der Waals surface area (Å²) in [5.41, 5.74) is 1.42. The Bertz CT molecular complexity index is 1460. The molecule has 1 aliphatic carbocycles. The fourth-order valence-corrected chi connectivity index (χ4v) is 7.79. The van der Waals surface area contributed by atoms with Gasteiger partial charge in [-0.15, -0.1) is 0 Å². The van der Waals surface area contributed by atoms with Gasteiger partial charge in [-0.05, 0) is 48.9 Å². The topological polar surface area (TPSA) is 148 Å². The molecule has 3 aromatic rings. The molecule has 13 heteroatoms. The molecule has 1 saturated heterocycles. The number of piperidine rings is 1. The van der Waals surface area contributed by atoms with Crippen LogP contribution < -0.4 is 10.1 Å². The zero-order valence-electron chi connectivity index (χ0n) is 22.1. The number of carbonyl (C=O) groups excluding carboxylic acids is 1. The Morgan fingerprint density at radius 3 is 2.42 bits per heavy atom. The van der Waals surface area contributed by atoms with Crippen LogP contribution in [0.1, 0.15) is 56.4 Å². The van der Waals surface area contributed by atoms with Crippen molar-refractivity contribution in [1.82, 2.24) is 14.3 Å². The van der Waals surface area contributed by atoms with Gasteiger partial charge < -0.3 is 19.9 Å². The van der Waals surface area contributed by atoms with Crippen molar-refractivity contribution in [3.05, 3.63) is 42.0 Å². The molecule has 214 valence electrons. The van der Waals surface area contributed by atoms with Crippen LogP contribution in [0.5, 0.6) is 5.88 Å². The number of pyridine rings is 1. The first-order valence-corrected chi connectivity index (χ1v) is 15.6. The van der Waals surface area contributed by atoms with Crippen LogP contribution in [0.25, 0.3) is 10.3 Å². The Kier molecular flexibility index (Phi) is 8.52. The molecule has 1 amide bonds. The number of fused-ring (bicyclic) bond motifs is 1. The molecule has 40 heavy (non-hydrogen) atoms. The van der Waals surface area contributed by atoms with E-state index in [1.54, 1.807) is 43.5 Å². The number of hydrogen-bond donors (Lipinski definition) is 2. The number of nitrogens with zero attached hydrogens (tertiary/aromatic N) is 3. The molecule has 2 fully saturated rings. The van der Waals surface area contributed by atoms with Crippen LogP contribution in [0.15, 0.2) is 41.3 Å². The van der Waals surface area contributed by atoms with Gasteiger partial charge in [-0.2, -0.15) is 4.31 Å². The van der Waals surface area contributed by atoms with Crippen LogP contribution in [0, 0.1) is 5.92 Å². The molecule has 1 aliphatic heterocycles. The summed E-state index contributed by atoms with van der Waals surface area (Å²) in [6.45, 7) is 0.356. The van der Waals surface area contributed by atoms with Crippen LogP contribution in [0.4, 0.5) is 9.93 Å². The van der Waals surface area contributed by atoms with Gasteiger partial charge in [0.05, 0.1) is 17.9 Å². The normalized spacial score (nSPS) is 18.0. The molecule has 11 nitrogen and oxygen atoms in total. The van der Waals surface area contributed by atoms with E-state index >= 15 is 0 Å². The Hall–Kier alpha value is -3.29. The number of hydrogen-bond acceptors (Lipinski definition) is 9. The van der Waals surface area contributed by atoms with Crippen LogP contribution >= 0.6 is 11.3 Å². The molecular formula is C27H32N4O7S2. The minimum absolute atomic E-state index is 0.139. The fourth-order valence-electron chi connectivity index (χ4n) is 5.49. The Balaban J connectivity index is 1.32. The predicted octanol–water partition coefficient (Wildman–Crippen LogP) is 4.85. The molecule has 2 N–H and O–H groups in total. The molecular weight excluding hydrogens is 556 g/mol. The lowest BCUT2D eigenvalue weighted by Crippen LogP contribution is -2.41. The smallest absolute Gasteiger partial charge is 0.481 e. The van der Waals surface area contributed by atoms with E-state index in [9.17, 15) is 18.0 Å². The molecule has 0 unspecified atom stereocenters. The van der Waals surface area contributed by atoms with Crippen molar-refractivity contribution >= 4 is 48.9 Å². The molecule has 1 aromatic carbocycles. The predicted molar refractivity (Wildman–Crippen MR) is 149 cm³/mol. The maximum absolute atomic E-state index is 13.6. The summed E-state index contributed by atoms with van der Waals surface area (Å²) >= 11 is 1.27. The second-order valence-electron chi connectivity index (χ2n) is 10.2. The third-order valence-electron chi connectivity index (χ3n) is 7.62. The number of nitrogens with one attached hydrogen (secondary N) is 1. The first-order chi connectivity index (χ1) is 19.2. The first-order valence-electron chi connectivity index (χ1n) is 13.3. The Labute approximate surface area is 236 Å². The molecule has 0 radical (unpaired) electrons. The number of rotatable bonds is 9. The lowest BCUT2D eigenvalue weighted by atomic mass is 9.87. The van der Waals surface area contributed by atoms with E-state index < -0.39 is 28.2 Å². The summed E-state index contributed by atoms with van der Waals surface area (Å²) in [6, 6.07) is 10.1. The second kappa shape index (κ2) is 12.1. The number of thiazole rings is 1. The summed E-state index contributed by atoms with van der Waals surface area (Å²) < 4.78 is 37.8. The highest BCUT2D eigenvalue weighted by Gasteiger charge is 2.32. The Morgan fingerprint density at radius 1 is 1.07 bits per heavy atom. The largest absolute Gasteiger partial charge is 0.506 e. The van der Waals surface area contributed by atoms with Crippen molar-refractivity contribution in [1.29, 1.82) is 0 Å². The van der Waals surface area contributed by atoms with E-state index in [-0.39, 0.29) is 23.9 Å². The minimum atomic E-state index is -3.76. The van der Waals surface area contributed by atoms with Gasteiger partial charge in [-0.3, -0.25) is 4.79 Å². The van der Waals surface area contributed by atoms with Crippen LogP contribution in [0.2, 0.25) is 0 Å². The van der Waals surface area contributed by atoms with Crippen LogP contribution in [-0.4, -0.2) is 66.2 Å². The van der Waals surface area contributed by atoms with Crippen molar-refractivity contribution in [3.63, 3.8) is 0 Å². The van der Waals surface area contributed by atoms with E-state index in [4.69, 9.17) is 14.6 Å². The third kappa shape index (κ3) is 6.37. The summed E-state index contributed by atoms with van der Waals surface area (Å²) in [4.78, 5) is 34.0. The second-order valence-corrected chi connectivity index (χ2v) is 13.1. The number of ether oxygens (including phenoxy) is 2. The maximum Gasteiger partial charge on any atom is 0.506 e. The van der Waals surface area contributed by atoms with Gasteiger partial charge in [-0.25, -0.2) is 23.2 Å². The molecule has 1 atom stereocenters. The van der Waals surface area contributed by atoms with Gasteiger partial charge in [-0.1, -0.05) is 49.2 Å². The SMILES string of the molecule is COc1ccc2nc(NC(=O)[C@H](CC3CCCC3)c3ccc(S(=O)(=O)N4CCC(OC(=O)O)CC4)cc3)sc2n1. The molecule has 1 saturated carbocycles. The molecule has 2 aromatic heterocycles. The summed E-state index contributed by atoms with van der Waals surface area (Å²) in [6.07, 6.45) is 3.87. The fraction of sp³-hybridized carbons (Fsp3) is 0.481. The van der Waals surface area contributed by atoms with Crippen molar-refractivity contribution in [2.45, 2.75) is 61.9 Å². The summed E-state index contributed by atoms with van der Waals surface area (Å²) in [5, 5.41) is 12.2. The first kappa shape index (κ1) is 28.2. The molecule has 5 rings (SSSR count). The van der Waals surface area contributed by atoms with E-state index in [2.05, 4.69) is 15.3 Å². The van der Waals surface area contributed by atoms with Gasteiger partial charge in [0.15, 0.2) is 5.13 Å². The summed E-state index contributed by atoms with van der Waals surface area (Å²) in [7, 11) is -2.22. The Morgan fingerprint density at radius 2 is 1.77 bits per heavy atom. The quantitative estimate of drug-likeness (QED) is 0.335. The highest BCUT2D eigenvalue weighted by Crippen LogP contribution is 2.36. The van der Waals surface area contributed by atoms with E-state index in [1.807, 2.05) is 0 Å². The monoisotopic (exact) mass is 588 g/mol. The lowest BCUT2D eigenvalue weighted by Gasteiger charge is -2.30. The number of amides is 1. The zero-order chi connectivity index (χ0) is 28.3. The number of carboxylic acid groups (broad SMARTS) is 1. The van der Waals surface area contributed by atoms with Crippen LogP contribution in [0.3, 0.4) is 0 Å². The number of anilines is 1. The minimum Gasteiger partial charge on any atom is -0.481 e. The van der Waals surface area contributed by atoms with Gasteiger partial charge in [0.2, 0.25) is 21.8 Å². The summed E-state index contributed by atoms with van der Waals surface area (Å²) in [5.74, 6) is 0.253. The standard InChI is InChI=1S/C27H32N4O7S2/c1-37-23-11-10-22-25(29-23)39-26(28-22)30-24(32)21(16-17-4-2-3-5-17)18-6-8-20(9-7-18)40(35,36)31-14-12-19(13-15-31)38-27(33)34/h6-11,17,19,21H,2-5,12-16H2,1H3,(H,33,34)(H,28,30,32)/t21-/m1/s1. The van der Waals surface area contributed by atoms with E-state index in [1.165, 1.54) is 15.6 Å². The van der Waals surface area contributed by atoms with Gasteiger partial charge >= 0.3 is 6.16 Å². The van der Waals surface area contributed by atoms with Gasteiger partial charge in [0.1, 0.15) is 16.5 Å². The van der Waals surface area contributed by atoms with Gasteiger partial charge in [0, 0.05) is 19.2 Å². The number of methoxy groups -OCH3 is 1. The average Bonchev–Trinajstić information content (AvgIpc) is 3.60. The van der Waals surface area contributed by atoms with Gasteiger partial charge in [0.25, 0.3) is 0 Å². The number of carbonyl (C=O) groups is 2. The molecule has 0 spiro atoms. The zero-order valence-corrected chi connectivity index (χ0v) is 23.7. The number of aromatic nitrogens is 2. The van der Waals surface area contributed by atoms with Crippen molar-refractivity contribution in [2.75, 3.05) is 25.5 Å². The highest BCUT2D eigenvalue weighted by molar-refractivity contribution is 7.89. The highest BCUT2D eigenvalue weighted by atomic mass is 32.2. The molecule has 2 aliphatic rings. The van der Waals surface area contributed by atoms with E-state index in [0.29, 0.717) is 46.5 Å². The molecule has 3 heterocycles. The lowest BCUT2D eigenvalue weighted by molar-refractivity contribution is -0.118. The maximum atomic E-state index is 13.6. The average molecular weight is 589 g/mol. The number of sulfonamides is 1. The van der Waals surface area contributed by atoms with Crippen molar-refractivity contribution in [3.8, 4) is 5.88 Å². The van der Waals surface area contributed by atoms with Crippen molar-refractivity contribution < 1.29 is 32.6 Å². The van der Waals surface area contributed by atoms with E-state index in [0.717, 1.165) is 31.2 Å². The van der Waals surface area contributed by atoms with Crippen molar-refractivity contribution in [2.24, 2.45) is 5.92 Å². The molecule has 0 bridgehead atoms. The van der Waals surface area contributed by atoms with Crippen LogP contribution in [-0.2, 0) is 19.6 Å².